The summed E-state index contributed by atoms with van der Waals surface area (Å²) in [6.45, 7) is 7.94. The second-order valence-corrected chi connectivity index (χ2v) is 6.39. The second-order valence-electron chi connectivity index (χ2n) is 5.95. The monoisotopic (exact) mass is 285 g/mol. The molecule has 2 atom stereocenters. The standard InChI is InChI=1S/C15H24ClNO2/c1-10(2)13(17-15(3,4)9-18)14(19)11-5-7-12(16)8-6-11/h5-8,10,13-14,17-19H,9H2,1-4H3. The lowest BCUT2D eigenvalue weighted by atomic mass is 9.90. The summed E-state index contributed by atoms with van der Waals surface area (Å²) in [5, 5.41) is 23.8. The number of halogens is 1. The van der Waals surface area contributed by atoms with E-state index in [0.717, 1.165) is 5.56 Å². The van der Waals surface area contributed by atoms with E-state index in [1.54, 1.807) is 12.1 Å². The molecule has 0 saturated heterocycles. The van der Waals surface area contributed by atoms with Crippen molar-refractivity contribution >= 4 is 11.6 Å². The fourth-order valence-electron chi connectivity index (χ4n) is 1.97. The van der Waals surface area contributed by atoms with Gasteiger partial charge in [0.25, 0.3) is 0 Å². The molecular weight excluding hydrogens is 262 g/mol. The molecule has 3 N–H and O–H groups in total. The Labute approximate surface area is 120 Å². The van der Waals surface area contributed by atoms with Crippen molar-refractivity contribution in [3.8, 4) is 0 Å². The van der Waals surface area contributed by atoms with E-state index < -0.39 is 11.6 Å². The summed E-state index contributed by atoms with van der Waals surface area (Å²) in [7, 11) is 0. The van der Waals surface area contributed by atoms with Gasteiger partial charge in [-0.05, 0) is 37.5 Å². The van der Waals surface area contributed by atoms with E-state index >= 15 is 0 Å². The average molecular weight is 286 g/mol. The Balaban J connectivity index is 2.90. The molecule has 1 rings (SSSR count). The molecule has 0 bridgehead atoms. The number of aliphatic hydroxyl groups is 2. The molecule has 0 heterocycles. The molecule has 0 spiro atoms. The molecule has 0 aliphatic heterocycles. The van der Waals surface area contributed by atoms with Gasteiger partial charge in [-0.1, -0.05) is 37.6 Å². The van der Waals surface area contributed by atoms with Crippen LogP contribution in [0.15, 0.2) is 24.3 Å². The van der Waals surface area contributed by atoms with Crippen LogP contribution >= 0.6 is 11.6 Å². The largest absolute Gasteiger partial charge is 0.394 e. The highest BCUT2D eigenvalue weighted by Crippen LogP contribution is 2.25. The highest BCUT2D eigenvalue weighted by molar-refractivity contribution is 6.30. The Morgan fingerprint density at radius 3 is 2.16 bits per heavy atom. The lowest BCUT2D eigenvalue weighted by molar-refractivity contribution is 0.0712. The number of rotatable bonds is 6. The first-order chi connectivity index (χ1) is 8.76. The second kappa shape index (κ2) is 6.71. The molecule has 0 aliphatic carbocycles. The van der Waals surface area contributed by atoms with Gasteiger partial charge in [-0.3, -0.25) is 0 Å². The summed E-state index contributed by atoms with van der Waals surface area (Å²) in [4.78, 5) is 0. The third kappa shape index (κ3) is 4.77. The maximum absolute atomic E-state index is 10.5. The lowest BCUT2D eigenvalue weighted by Gasteiger charge is -2.35. The van der Waals surface area contributed by atoms with Gasteiger partial charge in [0.05, 0.1) is 12.7 Å². The Hall–Kier alpha value is -0.610. The summed E-state index contributed by atoms with van der Waals surface area (Å²) < 4.78 is 0. The Bertz CT molecular complexity index is 390. The van der Waals surface area contributed by atoms with Gasteiger partial charge in [-0.15, -0.1) is 0 Å². The van der Waals surface area contributed by atoms with Crippen molar-refractivity contribution in [2.45, 2.75) is 45.4 Å². The van der Waals surface area contributed by atoms with E-state index in [0.29, 0.717) is 5.02 Å². The van der Waals surface area contributed by atoms with Gasteiger partial charge in [0, 0.05) is 16.6 Å². The maximum atomic E-state index is 10.5. The van der Waals surface area contributed by atoms with Crippen molar-refractivity contribution < 1.29 is 10.2 Å². The van der Waals surface area contributed by atoms with Gasteiger partial charge in [-0.25, -0.2) is 0 Å². The van der Waals surface area contributed by atoms with Crippen LogP contribution in [0.25, 0.3) is 0 Å². The van der Waals surface area contributed by atoms with Crippen LogP contribution in [0.5, 0.6) is 0 Å². The third-order valence-corrected chi connectivity index (χ3v) is 3.47. The van der Waals surface area contributed by atoms with E-state index in [2.05, 4.69) is 5.32 Å². The number of hydrogen-bond acceptors (Lipinski definition) is 3. The van der Waals surface area contributed by atoms with E-state index in [9.17, 15) is 10.2 Å². The van der Waals surface area contributed by atoms with Gasteiger partial charge >= 0.3 is 0 Å². The zero-order valence-electron chi connectivity index (χ0n) is 12.0. The molecule has 108 valence electrons. The van der Waals surface area contributed by atoms with Crippen molar-refractivity contribution in [3.63, 3.8) is 0 Å². The van der Waals surface area contributed by atoms with Crippen molar-refractivity contribution in [1.82, 2.24) is 5.32 Å². The molecular formula is C15H24ClNO2. The van der Waals surface area contributed by atoms with Crippen LogP contribution in [0.1, 0.15) is 39.4 Å². The first kappa shape index (κ1) is 16.4. The highest BCUT2D eigenvalue weighted by atomic mass is 35.5. The molecule has 0 aliphatic rings. The molecule has 0 radical (unpaired) electrons. The zero-order valence-corrected chi connectivity index (χ0v) is 12.8. The van der Waals surface area contributed by atoms with Crippen LogP contribution in [0.4, 0.5) is 0 Å². The van der Waals surface area contributed by atoms with Gasteiger partial charge in [0.15, 0.2) is 0 Å². The van der Waals surface area contributed by atoms with Crippen LogP contribution in [0, 0.1) is 5.92 Å². The minimum Gasteiger partial charge on any atom is -0.394 e. The summed E-state index contributed by atoms with van der Waals surface area (Å²) >= 11 is 5.86. The third-order valence-electron chi connectivity index (χ3n) is 3.22. The van der Waals surface area contributed by atoms with Crippen molar-refractivity contribution in [2.75, 3.05) is 6.61 Å². The quantitative estimate of drug-likeness (QED) is 0.753. The van der Waals surface area contributed by atoms with E-state index in [-0.39, 0.29) is 18.6 Å². The van der Waals surface area contributed by atoms with Gasteiger partial charge in [0.1, 0.15) is 0 Å². The number of nitrogens with one attached hydrogen (secondary N) is 1. The van der Waals surface area contributed by atoms with Gasteiger partial charge < -0.3 is 15.5 Å². The Kier molecular flexibility index (Phi) is 5.81. The SMILES string of the molecule is CC(C)C(NC(C)(C)CO)C(O)c1ccc(Cl)cc1. The molecule has 0 fully saturated rings. The van der Waals surface area contributed by atoms with Crippen LogP contribution < -0.4 is 5.32 Å². The topological polar surface area (TPSA) is 52.5 Å². The van der Waals surface area contributed by atoms with Crippen molar-refractivity contribution in [3.05, 3.63) is 34.9 Å². The fourth-order valence-corrected chi connectivity index (χ4v) is 2.10. The smallest absolute Gasteiger partial charge is 0.0945 e. The molecule has 0 aromatic heterocycles. The van der Waals surface area contributed by atoms with Crippen LogP contribution in [-0.4, -0.2) is 28.4 Å². The normalized spacial score (nSPS) is 15.6. The van der Waals surface area contributed by atoms with Crippen molar-refractivity contribution in [2.24, 2.45) is 5.92 Å². The number of aliphatic hydroxyl groups excluding tert-OH is 2. The fraction of sp³-hybridized carbons (Fsp3) is 0.600. The van der Waals surface area contributed by atoms with Crippen LogP contribution in [0.3, 0.4) is 0 Å². The molecule has 0 saturated carbocycles. The van der Waals surface area contributed by atoms with Gasteiger partial charge in [0.2, 0.25) is 0 Å². The number of hydrogen-bond donors (Lipinski definition) is 3. The van der Waals surface area contributed by atoms with Crippen molar-refractivity contribution in [1.29, 1.82) is 0 Å². The minimum atomic E-state index is -0.636. The molecule has 1 aromatic rings. The maximum Gasteiger partial charge on any atom is 0.0945 e. The molecule has 19 heavy (non-hydrogen) atoms. The predicted octanol–water partition coefficient (Wildman–Crippen LogP) is 2.76. The minimum absolute atomic E-state index is 0.0174. The number of benzene rings is 1. The summed E-state index contributed by atoms with van der Waals surface area (Å²) in [5.74, 6) is 0.233. The molecule has 0 amide bonds. The Morgan fingerprint density at radius 1 is 1.21 bits per heavy atom. The average Bonchev–Trinajstić information content (AvgIpc) is 2.36. The molecule has 1 aromatic carbocycles. The summed E-state index contributed by atoms with van der Waals surface area (Å²) in [6.07, 6.45) is -0.636. The molecule has 3 nitrogen and oxygen atoms in total. The van der Waals surface area contributed by atoms with E-state index in [4.69, 9.17) is 11.6 Å². The summed E-state index contributed by atoms with van der Waals surface area (Å²) in [6, 6.07) is 7.07. The lowest BCUT2D eigenvalue weighted by Crippen LogP contribution is -2.52. The molecule has 4 heteroatoms. The first-order valence-corrected chi connectivity index (χ1v) is 6.97. The Morgan fingerprint density at radius 2 is 1.74 bits per heavy atom. The summed E-state index contributed by atoms with van der Waals surface area (Å²) in [5.41, 5.74) is 0.395. The first-order valence-electron chi connectivity index (χ1n) is 6.59. The van der Waals surface area contributed by atoms with E-state index in [1.165, 1.54) is 0 Å². The van der Waals surface area contributed by atoms with Crippen LogP contribution in [-0.2, 0) is 0 Å². The van der Waals surface area contributed by atoms with Crippen LogP contribution in [0.2, 0.25) is 5.02 Å². The highest BCUT2D eigenvalue weighted by Gasteiger charge is 2.29. The van der Waals surface area contributed by atoms with Gasteiger partial charge in [-0.2, -0.15) is 0 Å². The predicted molar refractivity (Wildman–Crippen MR) is 79.3 cm³/mol. The molecule has 2 unspecified atom stereocenters. The van der Waals surface area contributed by atoms with E-state index in [1.807, 2.05) is 39.8 Å². The zero-order chi connectivity index (χ0) is 14.6.